The molecule has 0 spiro atoms. The normalized spacial score (nSPS) is 17.6. The van der Waals surface area contributed by atoms with Crippen LogP contribution in [-0.4, -0.2) is 20.6 Å². The van der Waals surface area contributed by atoms with Crippen molar-refractivity contribution in [2.75, 3.05) is 5.32 Å². The SMILES string of the molecule is Cc1cn2c(n1)CC[C@H](Nc1ccc(C#N)nc1)C2. The van der Waals surface area contributed by atoms with Gasteiger partial charge in [-0.15, -0.1) is 0 Å². The van der Waals surface area contributed by atoms with Gasteiger partial charge >= 0.3 is 0 Å². The number of fused-ring (bicyclic) bond motifs is 1. The molecular weight excluding hydrogens is 238 g/mol. The number of hydrogen-bond acceptors (Lipinski definition) is 4. The van der Waals surface area contributed by atoms with Gasteiger partial charge in [0.25, 0.3) is 0 Å². The third kappa shape index (κ3) is 2.43. The molecule has 96 valence electrons. The topological polar surface area (TPSA) is 66.5 Å². The molecule has 0 saturated carbocycles. The fourth-order valence-corrected chi connectivity index (χ4v) is 2.49. The minimum atomic E-state index is 0.385. The summed E-state index contributed by atoms with van der Waals surface area (Å²) in [5, 5.41) is 12.2. The molecule has 0 bridgehead atoms. The number of aryl methyl sites for hydroxylation is 2. The number of aromatic nitrogens is 3. The van der Waals surface area contributed by atoms with Gasteiger partial charge in [-0.2, -0.15) is 5.26 Å². The highest BCUT2D eigenvalue weighted by Gasteiger charge is 2.19. The molecule has 3 rings (SSSR count). The van der Waals surface area contributed by atoms with Gasteiger partial charge in [0, 0.05) is 25.2 Å². The van der Waals surface area contributed by atoms with E-state index in [4.69, 9.17) is 5.26 Å². The lowest BCUT2D eigenvalue weighted by Crippen LogP contribution is -2.31. The number of nitriles is 1. The zero-order chi connectivity index (χ0) is 13.2. The van der Waals surface area contributed by atoms with Crippen LogP contribution in [0.1, 0.15) is 23.6 Å². The number of hydrogen-bond donors (Lipinski definition) is 1. The first-order valence-electron chi connectivity index (χ1n) is 6.40. The zero-order valence-corrected chi connectivity index (χ0v) is 10.8. The van der Waals surface area contributed by atoms with Crippen molar-refractivity contribution in [1.82, 2.24) is 14.5 Å². The molecular formula is C14H15N5. The Hall–Kier alpha value is -2.35. The van der Waals surface area contributed by atoms with E-state index < -0.39 is 0 Å². The Morgan fingerprint density at radius 3 is 3.11 bits per heavy atom. The second kappa shape index (κ2) is 4.73. The van der Waals surface area contributed by atoms with E-state index in [1.165, 1.54) is 5.82 Å². The maximum absolute atomic E-state index is 8.72. The largest absolute Gasteiger partial charge is 0.379 e. The van der Waals surface area contributed by atoms with Crippen LogP contribution in [0.4, 0.5) is 5.69 Å². The van der Waals surface area contributed by atoms with Crippen molar-refractivity contribution in [3.8, 4) is 6.07 Å². The Bertz CT molecular complexity index is 620. The van der Waals surface area contributed by atoms with Crippen LogP contribution < -0.4 is 5.32 Å². The van der Waals surface area contributed by atoms with Gasteiger partial charge in [-0.05, 0) is 25.5 Å². The van der Waals surface area contributed by atoms with Crippen LogP contribution in [0.3, 0.4) is 0 Å². The van der Waals surface area contributed by atoms with Gasteiger partial charge in [0.15, 0.2) is 0 Å². The zero-order valence-electron chi connectivity index (χ0n) is 10.8. The monoisotopic (exact) mass is 253 g/mol. The van der Waals surface area contributed by atoms with Gasteiger partial charge in [-0.25, -0.2) is 9.97 Å². The number of nitrogens with zero attached hydrogens (tertiary/aromatic N) is 4. The fourth-order valence-electron chi connectivity index (χ4n) is 2.49. The predicted molar refractivity (Wildman–Crippen MR) is 71.6 cm³/mol. The molecule has 1 aliphatic heterocycles. The highest BCUT2D eigenvalue weighted by atomic mass is 15.1. The summed E-state index contributed by atoms with van der Waals surface area (Å²) in [4.78, 5) is 8.57. The van der Waals surface area contributed by atoms with Crippen LogP contribution >= 0.6 is 0 Å². The van der Waals surface area contributed by atoms with Crippen molar-refractivity contribution in [2.24, 2.45) is 0 Å². The average molecular weight is 253 g/mol. The van der Waals surface area contributed by atoms with E-state index in [1.807, 2.05) is 19.1 Å². The van der Waals surface area contributed by atoms with Crippen molar-refractivity contribution < 1.29 is 0 Å². The van der Waals surface area contributed by atoms with Crippen LogP contribution in [0.5, 0.6) is 0 Å². The molecule has 0 saturated heterocycles. The Morgan fingerprint density at radius 1 is 1.47 bits per heavy atom. The second-order valence-electron chi connectivity index (χ2n) is 4.87. The fraction of sp³-hybridized carbons (Fsp3) is 0.357. The molecule has 5 heteroatoms. The van der Waals surface area contributed by atoms with E-state index in [1.54, 1.807) is 12.3 Å². The van der Waals surface area contributed by atoms with Gasteiger partial charge in [-0.1, -0.05) is 0 Å². The highest BCUT2D eigenvalue weighted by Crippen LogP contribution is 2.18. The molecule has 2 aromatic heterocycles. The lowest BCUT2D eigenvalue weighted by Gasteiger charge is -2.25. The summed E-state index contributed by atoms with van der Waals surface area (Å²) in [5.41, 5.74) is 2.49. The molecule has 0 amide bonds. The van der Waals surface area contributed by atoms with Crippen molar-refractivity contribution in [3.63, 3.8) is 0 Å². The Labute approximate surface area is 111 Å². The maximum atomic E-state index is 8.72. The van der Waals surface area contributed by atoms with E-state index in [-0.39, 0.29) is 0 Å². The van der Waals surface area contributed by atoms with E-state index in [0.29, 0.717) is 11.7 Å². The third-order valence-corrected chi connectivity index (χ3v) is 3.36. The molecule has 3 heterocycles. The van der Waals surface area contributed by atoms with Gasteiger partial charge in [-0.3, -0.25) is 0 Å². The van der Waals surface area contributed by atoms with Crippen LogP contribution in [-0.2, 0) is 13.0 Å². The molecule has 1 N–H and O–H groups in total. The molecule has 0 aliphatic carbocycles. The molecule has 19 heavy (non-hydrogen) atoms. The van der Waals surface area contributed by atoms with Crippen LogP contribution in [0.25, 0.3) is 0 Å². The number of nitrogens with one attached hydrogen (secondary N) is 1. The van der Waals surface area contributed by atoms with Gasteiger partial charge in [0.2, 0.25) is 0 Å². The summed E-state index contributed by atoms with van der Waals surface area (Å²) in [6.07, 6.45) is 5.87. The van der Waals surface area contributed by atoms with E-state index in [9.17, 15) is 0 Å². The summed E-state index contributed by atoms with van der Waals surface area (Å²) in [6, 6.07) is 6.04. The molecule has 1 aliphatic rings. The van der Waals surface area contributed by atoms with Gasteiger partial charge in [0.05, 0.1) is 17.6 Å². The molecule has 0 aromatic carbocycles. The van der Waals surface area contributed by atoms with Gasteiger partial charge in [0.1, 0.15) is 17.6 Å². The summed E-state index contributed by atoms with van der Waals surface area (Å²) >= 11 is 0. The van der Waals surface area contributed by atoms with Crippen LogP contribution in [0.15, 0.2) is 24.5 Å². The number of pyridine rings is 1. The van der Waals surface area contributed by atoms with Crippen molar-refractivity contribution >= 4 is 5.69 Å². The first-order valence-corrected chi connectivity index (χ1v) is 6.40. The van der Waals surface area contributed by atoms with Crippen molar-refractivity contribution in [1.29, 1.82) is 5.26 Å². The van der Waals surface area contributed by atoms with Crippen molar-refractivity contribution in [3.05, 3.63) is 41.7 Å². The van der Waals surface area contributed by atoms with Gasteiger partial charge < -0.3 is 9.88 Å². The Morgan fingerprint density at radius 2 is 2.37 bits per heavy atom. The van der Waals surface area contributed by atoms with Crippen molar-refractivity contribution in [2.45, 2.75) is 32.4 Å². The summed E-state index contributed by atoms with van der Waals surface area (Å²) in [7, 11) is 0. The van der Waals surface area contributed by atoms with E-state index >= 15 is 0 Å². The standard InChI is InChI=1S/C14H15N5/c1-10-8-19-9-13(4-5-14(19)17-10)18-12-3-2-11(6-15)16-7-12/h2-3,7-8,13,18H,4-5,9H2,1H3/t13-/m0/s1. The lowest BCUT2D eigenvalue weighted by molar-refractivity contribution is 0.476. The first-order chi connectivity index (χ1) is 9.24. The highest BCUT2D eigenvalue weighted by molar-refractivity contribution is 5.43. The quantitative estimate of drug-likeness (QED) is 0.887. The molecule has 1 atom stereocenters. The van der Waals surface area contributed by atoms with E-state index in [2.05, 4.69) is 26.0 Å². The smallest absolute Gasteiger partial charge is 0.140 e. The first kappa shape index (κ1) is 11.7. The van der Waals surface area contributed by atoms with Crippen LogP contribution in [0.2, 0.25) is 0 Å². The minimum absolute atomic E-state index is 0.385. The Kier molecular flexibility index (Phi) is 2.92. The molecule has 5 nitrogen and oxygen atoms in total. The second-order valence-corrected chi connectivity index (χ2v) is 4.87. The third-order valence-electron chi connectivity index (χ3n) is 3.36. The summed E-state index contributed by atoms with van der Waals surface area (Å²) in [6.45, 7) is 2.95. The maximum Gasteiger partial charge on any atom is 0.140 e. The number of anilines is 1. The molecule has 2 aromatic rings. The molecule has 0 fully saturated rings. The summed E-state index contributed by atoms with van der Waals surface area (Å²) < 4.78 is 2.22. The molecule has 0 unspecified atom stereocenters. The average Bonchev–Trinajstić information content (AvgIpc) is 2.79. The Balaban J connectivity index is 1.70. The summed E-state index contributed by atoms with van der Waals surface area (Å²) in [5.74, 6) is 1.17. The lowest BCUT2D eigenvalue weighted by atomic mass is 10.1. The molecule has 0 radical (unpaired) electrons. The predicted octanol–water partition coefficient (Wildman–Crippen LogP) is 1.89. The van der Waals surface area contributed by atoms with E-state index in [0.717, 1.165) is 30.8 Å². The number of rotatable bonds is 2. The number of imidazole rings is 1. The minimum Gasteiger partial charge on any atom is -0.379 e. The van der Waals surface area contributed by atoms with Crippen LogP contribution in [0, 0.1) is 18.3 Å².